The SMILES string of the molecule is O=C(c1ccccc1Cl)N1CCCN(CCn2nc3n(c2=O)CCCC3)CC1. The van der Waals surface area contributed by atoms with Gasteiger partial charge in [0.1, 0.15) is 5.82 Å². The van der Waals surface area contributed by atoms with Gasteiger partial charge in [-0.2, -0.15) is 5.10 Å². The number of rotatable bonds is 4. The quantitative estimate of drug-likeness (QED) is 0.782. The van der Waals surface area contributed by atoms with E-state index in [1.807, 2.05) is 21.6 Å². The molecule has 1 saturated heterocycles. The van der Waals surface area contributed by atoms with Crippen LogP contribution >= 0.6 is 11.6 Å². The van der Waals surface area contributed by atoms with Crippen LogP contribution in [0.5, 0.6) is 0 Å². The summed E-state index contributed by atoms with van der Waals surface area (Å²) in [7, 11) is 0. The zero-order valence-electron chi connectivity index (χ0n) is 16.0. The maximum absolute atomic E-state index is 12.8. The summed E-state index contributed by atoms with van der Waals surface area (Å²) < 4.78 is 3.42. The van der Waals surface area contributed by atoms with Crippen LogP contribution in [0, 0.1) is 0 Å². The predicted octanol–water partition coefficient (Wildman–Crippen LogP) is 1.88. The molecule has 0 unspecified atom stereocenters. The number of aryl methyl sites for hydroxylation is 1. The van der Waals surface area contributed by atoms with Crippen LogP contribution in [0.2, 0.25) is 5.02 Å². The Hall–Kier alpha value is -2.12. The summed E-state index contributed by atoms with van der Waals surface area (Å²) in [5.74, 6) is 0.911. The lowest BCUT2D eigenvalue weighted by Crippen LogP contribution is -2.37. The molecule has 0 saturated carbocycles. The second-order valence-electron chi connectivity index (χ2n) is 7.50. The maximum atomic E-state index is 12.8. The highest BCUT2D eigenvalue weighted by Gasteiger charge is 2.22. The number of carbonyl (C=O) groups excluding carboxylic acids is 1. The molecule has 1 amide bonds. The first-order valence-electron chi connectivity index (χ1n) is 10.1. The Bertz CT molecular complexity index is 906. The Morgan fingerprint density at radius 2 is 1.86 bits per heavy atom. The van der Waals surface area contributed by atoms with E-state index in [2.05, 4.69) is 10.00 Å². The first-order chi connectivity index (χ1) is 13.6. The van der Waals surface area contributed by atoms with Gasteiger partial charge < -0.3 is 4.90 Å². The fourth-order valence-electron chi connectivity index (χ4n) is 4.03. The molecule has 2 aliphatic heterocycles. The van der Waals surface area contributed by atoms with Gasteiger partial charge in [0, 0.05) is 39.1 Å². The van der Waals surface area contributed by atoms with Crippen molar-refractivity contribution in [3.63, 3.8) is 0 Å². The van der Waals surface area contributed by atoms with E-state index >= 15 is 0 Å². The van der Waals surface area contributed by atoms with Gasteiger partial charge in [-0.05, 0) is 37.9 Å². The molecule has 0 spiro atoms. The van der Waals surface area contributed by atoms with Gasteiger partial charge in [-0.25, -0.2) is 9.48 Å². The number of carbonyl (C=O) groups is 1. The first kappa shape index (κ1) is 19.2. The van der Waals surface area contributed by atoms with Gasteiger partial charge in [0.15, 0.2) is 0 Å². The number of hydrogen-bond acceptors (Lipinski definition) is 4. The molecule has 0 atom stereocenters. The zero-order valence-corrected chi connectivity index (χ0v) is 16.8. The Morgan fingerprint density at radius 1 is 1.00 bits per heavy atom. The maximum Gasteiger partial charge on any atom is 0.345 e. The number of halogens is 1. The minimum absolute atomic E-state index is 0.00885. The summed E-state index contributed by atoms with van der Waals surface area (Å²) in [6.07, 6.45) is 3.97. The van der Waals surface area contributed by atoms with Gasteiger partial charge in [0.05, 0.1) is 17.1 Å². The zero-order chi connectivity index (χ0) is 19.5. The van der Waals surface area contributed by atoms with Crippen LogP contribution in [-0.4, -0.2) is 62.8 Å². The number of hydrogen-bond donors (Lipinski definition) is 0. The Kier molecular flexibility index (Phi) is 5.82. The lowest BCUT2D eigenvalue weighted by molar-refractivity contribution is 0.0761. The normalized spacial score (nSPS) is 18.0. The summed E-state index contributed by atoms with van der Waals surface area (Å²) in [5.41, 5.74) is 0.577. The van der Waals surface area contributed by atoms with Crippen molar-refractivity contribution in [3.05, 3.63) is 51.2 Å². The molecule has 4 rings (SSSR count). The fourth-order valence-corrected chi connectivity index (χ4v) is 4.25. The molecular formula is C20H26ClN5O2. The van der Waals surface area contributed by atoms with Gasteiger partial charge in [-0.3, -0.25) is 14.3 Å². The number of aromatic nitrogens is 3. The molecular weight excluding hydrogens is 378 g/mol. The number of nitrogens with zero attached hydrogens (tertiary/aromatic N) is 5. The van der Waals surface area contributed by atoms with Crippen molar-refractivity contribution in [3.8, 4) is 0 Å². The summed E-state index contributed by atoms with van der Waals surface area (Å²) in [6.45, 7) is 5.24. The molecule has 1 fully saturated rings. The predicted molar refractivity (Wildman–Crippen MR) is 108 cm³/mol. The molecule has 0 aliphatic carbocycles. The van der Waals surface area contributed by atoms with Crippen molar-refractivity contribution in [1.29, 1.82) is 0 Å². The minimum atomic E-state index is -0.00885. The molecule has 0 radical (unpaired) electrons. The highest BCUT2D eigenvalue weighted by molar-refractivity contribution is 6.33. The molecule has 28 heavy (non-hydrogen) atoms. The molecule has 7 nitrogen and oxygen atoms in total. The number of fused-ring (bicyclic) bond motifs is 1. The largest absolute Gasteiger partial charge is 0.345 e. The molecule has 0 bridgehead atoms. The standard InChI is InChI=1S/C20H26ClN5O2/c21-17-7-2-1-6-16(17)19(27)24-10-5-9-23(12-14-24)13-15-26-20(28)25-11-4-3-8-18(25)22-26/h1-2,6-7H,3-5,8-15H2. The summed E-state index contributed by atoms with van der Waals surface area (Å²) in [5, 5.41) is 5.01. The molecule has 3 heterocycles. The van der Waals surface area contributed by atoms with Crippen molar-refractivity contribution in [2.45, 2.75) is 38.8 Å². The third-order valence-corrected chi connectivity index (χ3v) is 5.97. The van der Waals surface area contributed by atoms with E-state index in [-0.39, 0.29) is 11.6 Å². The highest BCUT2D eigenvalue weighted by atomic mass is 35.5. The van der Waals surface area contributed by atoms with Crippen LogP contribution in [0.4, 0.5) is 0 Å². The fraction of sp³-hybridized carbons (Fsp3) is 0.550. The first-order valence-corrected chi connectivity index (χ1v) is 10.4. The van der Waals surface area contributed by atoms with Crippen molar-refractivity contribution < 1.29 is 4.79 Å². The van der Waals surface area contributed by atoms with Crippen LogP contribution in [0.1, 0.15) is 35.4 Å². The smallest absolute Gasteiger partial charge is 0.337 e. The average Bonchev–Trinajstić information content (AvgIpc) is 2.88. The number of amides is 1. The molecule has 2 aromatic rings. The van der Waals surface area contributed by atoms with Crippen molar-refractivity contribution >= 4 is 17.5 Å². The van der Waals surface area contributed by atoms with E-state index in [0.717, 1.165) is 64.2 Å². The molecule has 8 heteroatoms. The lowest BCUT2D eigenvalue weighted by atomic mass is 10.2. The van der Waals surface area contributed by atoms with Crippen LogP contribution in [0.15, 0.2) is 29.1 Å². The Labute approximate surface area is 169 Å². The van der Waals surface area contributed by atoms with E-state index in [0.29, 0.717) is 23.7 Å². The van der Waals surface area contributed by atoms with E-state index < -0.39 is 0 Å². The summed E-state index contributed by atoms with van der Waals surface area (Å²) in [6, 6.07) is 7.20. The van der Waals surface area contributed by atoms with Crippen LogP contribution in [0.25, 0.3) is 0 Å². The van der Waals surface area contributed by atoms with Gasteiger partial charge >= 0.3 is 5.69 Å². The lowest BCUT2D eigenvalue weighted by Gasteiger charge is -2.22. The van der Waals surface area contributed by atoms with Gasteiger partial charge in [0.2, 0.25) is 0 Å². The number of benzene rings is 1. The van der Waals surface area contributed by atoms with E-state index in [1.54, 1.807) is 16.8 Å². The third-order valence-electron chi connectivity index (χ3n) is 5.64. The van der Waals surface area contributed by atoms with E-state index in [1.165, 1.54) is 0 Å². The second kappa shape index (κ2) is 8.49. The molecule has 1 aromatic carbocycles. The minimum Gasteiger partial charge on any atom is -0.337 e. The van der Waals surface area contributed by atoms with Gasteiger partial charge in [-0.15, -0.1) is 0 Å². The van der Waals surface area contributed by atoms with E-state index in [9.17, 15) is 9.59 Å². The van der Waals surface area contributed by atoms with Crippen molar-refractivity contribution in [2.24, 2.45) is 0 Å². The summed E-state index contributed by atoms with van der Waals surface area (Å²) >= 11 is 6.18. The van der Waals surface area contributed by atoms with Crippen LogP contribution in [-0.2, 0) is 19.5 Å². The third kappa shape index (κ3) is 4.00. The molecule has 1 aromatic heterocycles. The van der Waals surface area contributed by atoms with Crippen LogP contribution in [0.3, 0.4) is 0 Å². The van der Waals surface area contributed by atoms with Crippen molar-refractivity contribution in [2.75, 3.05) is 32.7 Å². The summed E-state index contributed by atoms with van der Waals surface area (Å²) in [4.78, 5) is 29.4. The van der Waals surface area contributed by atoms with Crippen molar-refractivity contribution in [1.82, 2.24) is 24.1 Å². The van der Waals surface area contributed by atoms with Gasteiger partial charge in [-0.1, -0.05) is 23.7 Å². The Morgan fingerprint density at radius 3 is 2.68 bits per heavy atom. The van der Waals surface area contributed by atoms with Gasteiger partial charge in [0.25, 0.3) is 5.91 Å². The van der Waals surface area contributed by atoms with E-state index in [4.69, 9.17) is 11.6 Å². The topological polar surface area (TPSA) is 63.4 Å². The second-order valence-corrected chi connectivity index (χ2v) is 7.91. The molecule has 2 aliphatic rings. The molecule has 150 valence electrons. The monoisotopic (exact) mass is 403 g/mol. The molecule has 0 N–H and O–H groups in total. The average molecular weight is 404 g/mol. The highest BCUT2D eigenvalue weighted by Crippen LogP contribution is 2.18. The Balaban J connectivity index is 1.35. The van der Waals surface area contributed by atoms with Crippen LogP contribution < -0.4 is 5.69 Å².